The fourth-order valence-corrected chi connectivity index (χ4v) is 3.27. The second kappa shape index (κ2) is 7.57. The van der Waals surface area contributed by atoms with E-state index in [0.29, 0.717) is 23.7 Å². The first-order valence-electron chi connectivity index (χ1n) is 9.16. The Morgan fingerprint density at radius 2 is 1.78 bits per heavy atom. The van der Waals surface area contributed by atoms with E-state index in [1.165, 1.54) is 5.56 Å². The molecular formula is C20H23N7. The van der Waals surface area contributed by atoms with Crippen molar-refractivity contribution in [2.24, 2.45) is 5.92 Å². The van der Waals surface area contributed by atoms with E-state index in [1.807, 2.05) is 30.6 Å². The van der Waals surface area contributed by atoms with E-state index in [-0.39, 0.29) is 12.0 Å². The summed E-state index contributed by atoms with van der Waals surface area (Å²) in [4.78, 5) is 16.9. The van der Waals surface area contributed by atoms with Crippen LogP contribution in [0.25, 0.3) is 0 Å². The predicted octanol–water partition coefficient (Wildman–Crippen LogP) is 3.24. The van der Waals surface area contributed by atoms with Gasteiger partial charge in [-0.05, 0) is 48.4 Å². The van der Waals surface area contributed by atoms with E-state index in [1.54, 1.807) is 0 Å². The highest BCUT2D eigenvalue weighted by Gasteiger charge is 2.37. The number of nitrogen functional groups attached to an aromatic ring is 1. The van der Waals surface area contributed by atoms with Gasteiger partial charge in [0.2, 0.25) is 17.8 Å². The van der Waals surface area contributed by atoms with Crippen molar-refractivity contribution in [1.29, 1.82) is 0 Å². The fourth-order valence-electron chi connectivity index (χ4n) is 3.27. The summed E-state index contributed by atoms with van der Waals surface area (Å²) in [6.45, 7) is 2.87. The van der Waals surface area contributed by atoms with Gasteiger partial charge in [-0.1, -0.05) is 30.3 Å². The maximum Gasteiger partial charge on any atom is 0.229 e. The summed E-state index contributed by atoms with van der Waals surface area (Å²) in [7, 11) is 0. The Kier molecular flexibility index (Phi) is 4.82. The smallest absolute Gasteiger partial charge is 0.229 e. The van der Waals surface area contributed by atoms with Crippen LogP contribution in [0.5, 0.6) is 0 Å². The molecule has 0 aliphatic heterocycles. The number of nitrogens with zero attached hydrogens (tertiary/aromatic N) is 4. The minimum atomic E-state index is 0.0698. The standard InChI is InChI=1S/C20H23N7/c1-13(14-5-3-2-4-6-14)24-20-26-18(21)25-19(27-20)23-12-16-11-17(16)15-7-9-22-10-8-15/h2-10,13,16-17H,11-12H2,1H3,(H4,21,23,24,25,26,27). The molecule has 27 heavy (non-hydrogen) atoms. The van der Waals surface area contributed by atoms with Crippen LogP contribution in [0.15, 0.2) is 54.9 Å². The second-order valence-corrected chi connectivity index (χ2v) is 6.88. The lowest BCUT2D eigenvalue weighted by atomic mass is 10.1. The number of nitrogens with two attached hydrogens (primary N) is 1. The largest absolute Gasteiger partial charge is 0.368 e. The summed E-state index contributed by atoms with van der Waals surface area (Å²) in [5.41, 5.74) is 8.36. The lowest BCUT2D eigenvalue weighted by molar-refractivity contribution is 0.823. The van der Waals surface area contributed by atoms with E-state index in [0.717, 1.165) is 18.5 Å². The van der Waals surface area contributed by atoms with Gasteiger partial charge in [0, 0.05) is 18.9 Å². The van der Waals surface area contributed by atoms with E-state index in [9.17, 15) is 0 Å². The Bertz CT molecular complexity index is 885. The van der Waals surface area contributed by atoms with Crippen LogP contribution < -0.4 is 16.4 Å². The van der Waals surface area contributed by atoms with Gasteiger partial charge in [-0.2, -0.15) is 15.0 Å². The third kappa shape index (κ3) is 4.31. The van der Waals surface area contributed by atoms with Crippen LogP contribution in [0.3, 0.4) is 0 Å². The molecule has 138 valence electrons. The van der Waals surface area contributed by atoms with Crippen LogP contribution in [-0.4, -0.2) is 26.5 Å². The van der Waals surface area contributed by atoms with Crippen LogP contribution in [0, 0.1) is 5.92 Å². The third-order valence-corrected chi connectivity index (χ3v) is 4.88. The zero-order chi connectivity index (χ0) is 18.6. The zero-order valence-corrected chi connectivity index (χ0v) is 15.2. The maximum absolute atomic E-state index is 5.87. The van der Waals surface area contributed by atoms with E-state index in [2.05, 4.69) is 61.8 Å². The Morgan fingerprint density at radius 3 is 2.56 bits per heavy atom. The number of rotatable bonds is 7. The van der Waals surface area contributed by atoms with Crippen LogP contribution in [0.2, 0.25) is 0 Å². The van der Waals surface area contributed by atoms with Gasteiger partial charge in [0.1, 0.15) is 0 Å². The molecule has 0 radical (unpaired) electrons. The van der Waals surface area contributed by atoms with Crippen molar-refractivity contribution in [3.8, 4) is 0 Å². The van der Waals surface area contributed by atoms with Crippen molar-refractivity contribution >= 4 is 17.8 Å². The van der Waals surface area contributed by atoms with Gasteiger partial charge in [-0.15, -0.1) is 0 Å². The van der Waals surface area contributed by atoms with Crippen molar-refractivity contribution in [3.63, 3.8) is 0 Å². The number of pyridine rings is 1. The molecule has 3 atom stereocenters. The molecule has 1 aliphatic rings. The first-order chi connectivity index (χ1) is 13.2. The summed E-state index contributed by atoms with van der Waals surface area (Å²) in [6, 6.07) is 14.4. The number of hydrogen-bond donors (Lipinski definition) is 3. The number of hydrogen-bond acceptors (Lipinski definition) is 7. The molecule has 1 fully saturated rings. The Morgan fingerprint density at radius 1 is 1.04 bits per heavy atom. The predicted molar refractivity (Wildman–Crippen MR) is 106 cm³/mol. The second-order valence-electron chi connectivity index (χ2n) is 6.88. The summed E-state index contributed by atoms with van der Waals surface area (Å²) < 4.78 is 0. The minimum Gasteiger partial charge on any atom is -0.368 e. The summed E-state index contributed by atoms with van der Waals surface area (Å²) in [6.07, 6.45) is 4.85. The minimum absolute atomic E-state index is 0.0698. The number of benzene rings is 1. The highest BCUT2D eigenvalue weighted by Crippen LogP contribution is 2.47. The highest BCUT2D eigenvalue weighted by molar-refractivity contribution is 5.42. The van der Waals surface area contributed by atoms with Gasteiger partial charge < -0.3 is 16.4 Å². The highest BCUT2D eigenvalue weighted by atomic mass is 15.2. The van der Waals surface area contributed by atoms with Crippen LogP contribution in [0.1, 0.15) is 36.4 Å². The Labute approximate surface area is 158 Å². The monoisotopic (exact) mass is 361 g/mol. The Hall–Kier alpha value is -3.22. The van der Waals surface area contributed by atoms with Gasteiger partial charge in [0.25, 0.3) is 0 Å². The van der Waals surface area contributed by atoms with Gasteiger partial charge >= 0.3 is 0 Å². The molecule has 1 aromatic carbocycles. The zero-order valence-electron chi connectivity index (χ0n) is 15.2. The first kappa shape index (κ1) is 17.2. The average Bonchev–Trinajstić information content (AvgIpc) is 3.47. The van der Waals surface area contributed by atoms with Crippen molar-refractivity contribution < 1.29 is 0 Å². The molecule has 4 N–H and O–H groups in total. The topological polar surface area (TPSA) is 102 Å². The third-order valence-electron chi connectivity index (χ3n) is 4.88. The lowest BCUT2D eigenvalue weighted by Crippen LogP contribution is -2.14. The van der Waals surface area contributed by atoms with E-state index >= 15 is 0 Å². The normalized spacial score (nSPS) is 19.3. The van der Waals surface area contributed by atoms with E-state index < -0.39 is 0 Å². The molecule has 0 amide bonds. The van der Waals surface area contributed by atoms with Crippen molar-refractivity contribution in [2.45, 2.75) is 25.3 Å². The molecule has 1 aliphatic carbocycles. The summed E-state index contributed by atoms with van der Waals surface area (Å²) in [5.74, 6) is 2.34. The molecule has 3 unspecified atom stereocenters. The van der Waals surface area contributed by atoms with E-state index in [4.69, 9.17) is 5.73 Å². The van der Waals surface area contributed by atoms with Gasteiger partial charge in [0.05, 0.1) is 6.04 Å². The molecule has 7 nitrogen and oxygen atoms in total. The van der Waals surface area contributed by atoms with Gasteiger partial charge in [-0.3, -0.25) is 4.98 Å². The quantitative estimate of drug-likeness (QED) is 0.594. The molecule has 0 bridgehead atoms. The van der Waals surface area contributed by atoms with Crippen molar-refractivity contribution in [1.82, 2.24) is 19.9 Å². The molecule has 3 aromatic rings. The molecule has 7 heteroatoms. The number of nitrogens with one attached hydrogen (secondary N) is 2. The molecule has 2 heterocycles. The number of aromatic nitrogens is 4. The van der Waals surface area contributed by atoms with Gasteiger partial charge in [-0.25, -0.2) is 0 Å². The summed E-state index contributed by atoms with van der Waals surface area (Å²) >= 11 is 0. The van der Waals surface area contributed by atoms with Crippen LogP contribution in [-0.2, 0) is 0 Å². The average molecular weight is 361 g/mol. The summed E-state index contributed by atoms with van der Waals surface area (Å²) in [5, 5.41) is 6.59. The molecule has 1 saturated carbocycles. The molecular weight excluding hydrogens is 338 g/mol. The van der Waals surface area contributed by atoms with Crippen molar-refractivity contribution in [3.05, 3.63) is 66.0 Å². The molecule has 4 rings (SSSR count). The molecule has 0 spiro atoms. The number of anilines is 3. The SMILES string of the molecule is CC(Nc1nc(N)nc(NCC2CC2c2ccncc2)n1)c1ccccc1. The van der Waals surface area contributed by atoms with Crippen LogP contribution in [0.4, 0.5) is 17.8 Å². The maximum atomic E-state index is 5.87. The van der Waals surface area contributed by atoms with Gasteiger partial charge in [0.15, 0.2) is 0 Å². The fraction of sp³-hybridized carbons (Fsp3) is 0.300. The molecule has 0 saturated heterocycles. The van der Waals surface area contributed by atoms with Crippen molar-refractivity contribution in [2.75, 3.05) is 22.9 Å². The first-order valence-corrected chi connectivity index (χ1v) is 9.16. The lowest BCUT2D eigenvalue weighted by Gasteiger charge is -2.15. The molecule has 2 aromatic heterocycles. The van der Waals surface area contributed by atoms with Crippen LogP contribution >= 0.6 is 0 Å². The Balaban J connectivity index is 1.37.